The Morgan fingerprint density at radius 3 is 2.70 bits per heavy atom. The molecule has 1 aromatic carbocycles. The number of methoxy groups -OCH3 is 1. The Morgan fingerprint density at radius 2 is 2.07 bits per heavy atom. The summed E-state index contributed by atoms with van der Waals surface area (Å²) in [4.78, 5) is 20.9. The summed E-state index contributed by atoms with van der Waals surface area (Å²) in [5.41, 5.74) is 3.20. The topological polar surface area (TPSA) is 51.7 Å². The second-order valence-corrected chi connectivity index (χ2v) is 8.35. The van der Waals surface area contributed by atoms with Gasteiger partial charge in [0.05, 0.1) is 35.9 Å². The van der Waals surface area contributed by atoms with Crippen molar-refractivity contribution in [2.75, 3.05) is 26.9 Å². The highest BCUT2D eigenvalue weighted by molar-refractivity contribution is 7.12. The van der Waals surface area contributed by atoms with Gasteiger partial charge >= 0.3 is 0 Å². The van der Waals surface area contributed by atoms with Crippen LogP contribution in [-0.2, 0) is 20.7 Å². The molecule has 2 heterocycles. The lowest BCUT2D eigenvalue weighted by Crippen LogP contribution is -2.46. The highest BCUT2D eigenvalue weighted by Gasteiger charge is 2.33. The van der Waals surface area contributed by atoms with Gasteiger partial charge in [-0.2, -0.15) is 0 Å². The predicted molar refractivity (Wildman–Crippen MR) is 108 cm³/mol. The SMILES string of the molecule is COCCN(C(=O)Cc1sc(C)nc1-c1ccc(C)cc1)[C@H]1CCO[C@H]1C. The molecule has 3 rings (SSSR count). The zero-order valence-electron chi connectivity index (χ0n) is 16.5. The van der Waals surface area contributed by atoms with Crippen LogP contribution in [0.15, 0.2) is 24.3 Å². The monoisotopic (exact) mass is 388 g/mol. The third-order valence-corrected chi connectivity index (χ3v) is 6.01. The van der Waals surface area contributed by atoms with Crippen molar-refractivity contribution < 1.29 is 14.3 Å². The molecule has 1 fully saturated rings. The van der Waals surface area contributed by atoms with E-state index in [4.69, 9.17) is 14.5 Å². The number of nitrogens with zero attached hydrogens (tertiary/aromatic N) is 2. The number of carbonyl (C=O) groups excluding carboxylic acids is 1. The van der Waals surface area contributed by atoms with Crippen LogP contribution in [0.1, 0.15) is 28.8 Å². The summed E-state index contributed by atoms with van der Waals surface area (Å²) >= 11 is 1.61. The van der Waals surface area contributed by atoms with Crippen LogP contribution in [0, 0.1) is 13.8 Å². The molecule has 27 heavy (non-hydrogen) atoms. The third-order valence-electron chi connectivity index (χ3n) is 5.03. The lowest BCUT2D eigenvalue weighted by atomic mass is 10.1. The van der Waals surface area contributed by atoms with Gasteiger partial charge in [-0.05, 0) is 27.2 Å². The molecule has 1 amide bonds. The van der Waals surface area contributed by atoms with Crippen molar-refractivity contribution in [1.82, 2.24) is 9.88 Å². The Morgan fingerprint density at radius 1 is 1.33 bits per heavy atom. The van der Waals surface area contributed by atoms with Crippen LogP contribution in [0.4, 0.5) is 0 Å². The van der Waals surface area contributed by atoms with Gasteiger partial charge in [0.2, 0.25) is 5.91 Å². The maximum Gasteiger partial charge on any atom is 0.228 e. The first kappa shape index (κ1) is 20.0. The minimum absolute atomic E-state index is 0.0607. The molecule has 2 aromatic rings. The molecule has 0 spiro atoms. The molecule has 6 heteroatoms. The number of amides is 1. The zero-order chi connectivity index (χ0) is 19.4. The molecule has 0 aliphatic carbocycles. The lowest BCUT2D eigenvalue weighted by Gasteiger charge is -2.30. The van der Waals surface area contributed by atoms with Gasteiger partial charge in [0.15, 0.2) is 0 Å². The number of aryl methyl sites for hydroxylation is 2. The maximum absolute atomic E-state index is 13.2. The third kappa shape index (κ3) is 4.75. The van der Waals surface area contributed by atoms with E-state index in [1.807, 2.05) is 18.7 Å². The fourth-order valence-corrected chi connectivity index (χ4v) is 4.51. The first-order chi connectivity index (χ1) is 13.0. The standard InChI is InChI=1S/C21H28N2O3S/c1-14-5-7-17(8-6-14)21-19(27-16(3)22-21)13-20(24)23(10-12-25-4)18-9-11-26-15(18)2/h5-8,15,18H,9-13H2,1-4H3/t15-,18-/m0/s1. The Kier molecular flexibility index (Phi) is 6.63. The quantitative estimate of drug-likeness (QED) is 0.727. The molecule has 0 unspecified atom stereocenters. The van der Waals surface area contributed by atoms with Crippen molar-refractivity contribution in [3.05, 3.63) is 39.7 Å². The largest absolute Gasteiger partial charge is 0.383 e. The Hall–Kier alpha value is -1.76. The van der Waals surface area contributed by atoms with Gasteiger partial charge in [-0.15, -0.1) is 11.3 Å². The molecule has 0 radical (unpaired) electrons. The fourth-order valence-electron chi connectivity index (χ4n) is 3.56. The fraction of sp³-hybridized carbons (Fsp3) is 0.524. The van der Waals surface area contributed by atoms with Crippen LogP contribution in [0.2, 0.25) is 0 Å². The number of carbonyl (C=O) groups is 1. The maximum atomic E-state index is 13.2. The van der Waals surface area contributed by atoms with Crippen LogP contribution >= 0.6 is 11.3 Å². The van der Waals surface area contributed by atoms with E-state index in [0.717, 1.165) is 27.6 Å². The van der Waals surface area contributed by atoms with Crippen molar-refractivity contribution in [3.8, 4) is 11.3 Å². The molecule has 1 aliphatic rings. The molecule has 1 saturated heterocycles. The van der Waals surface area contributed by atoms with Gasteiger partial charge in [-0.1, -0.05) is 29.8 Å². The smallest absolute Gasteiger partial charge is 0.228 e. The summed E-state index contributed by atoms with van der Waals surface area (Å²) in [6, 6.07) is 8.43. The number of benzene rings is 1. The molecule has 1 aromatic heterocycles. The molecule has 2 atom stereocenters. The number of ether oxygens (including phenoxy) is 2. The van der Waals surface area contributed by atoms with E-state index < -0.39 is 0 Å². The highest BCUT2D eigenvalue weighted by atomic mass is 32.1. The van der Waals surface area contributed by atoms with Crippen LogP contribution < -0.4 is 0 Å². The van der Waals surface area contributed by atoms with Gasteiger partial charge in [0.1, 0.15) is 0 Å². The first-order valence-electron chi connectivity index (χ1n) is 9.43. The minimum Gasteiger partial charge on any atom is -0.383 e. The molecule has 5 nitrogen and oxygen atoms in total. The second kappa shape index (κ2) is 8.95. The van der Waals surface area contributed by atoms with Gasteiger partial charge < -0.3 is 14.4 Å². The molecule has 1 aliphatic heterocycles. The average molecular weight is 389 g/mol. The van der Waals surface area contributed by atoms with E-state index in [0.29, 0.717) is 26.2 Å². The predicted octanol–water partition coefficient (Wildman–Crippen LogP) is 3.62. The number of hydrogen-bond donors (Lipinski definition) is 0. The van der Waals surface area contributed by atoms with E-state index >= 15 is 0 Å². The van der Waals surface area contributed by atoms with Crippen molar-refractivity contribution in [2.45, 2.75) is 45.8 Å². The summed E-state index contributed by atoms with van der Waals surface area (Å²) in [5.74, 6) is 0.117. The van der Waals surface area contributed by atoms with E-state index in [2.05, 4.69) is 31.2 Å². The lowest BCUT2D eigenvalue weighted by molar-refractivity contribution is -0.134. The minimum atomic E-state index is 0.0607. The van der Waals surface area contributed by atoms with Gasteiger partial charge in [0.25, 0.3) is 0 Å². The Bertz CT molecular complexity index is 772. The Balaban J connectivity index is 1.82. The summed E-state index contributed by atoms with van der Waals surface area (Å²) in [5, 5.41) is 0.981. The summed E-state index contributed by atoms with van der Waals surface area (Å²) in [6.07, 6.45) is 1.30. The van der Waals surface area contributed by atoms with E-state index in [1.165, 1.54) is 5.56 Å². The van der Waals surface area contributed by atoms with E-state index in [9.17, 15) is 4.79 Å². The molecule has 146 valence electrons. The Labute approximate surface area is 165 Å². The van der Waals surface area contributed by atoms with Crippen LogP contribution in [0.3, 0.4) is 0 Å². The number of aromatic nitrogens is 1. The van der Waals surface area contributed by atoms with Crippen molar-refractivity contribution in [1.29, 1.82) is 0 Å². The highest BCUT2D eigenvalue weighted by Crippen LogP contribution is 2.30. The summed E-state index contributed by atoms with van der Waals surface area (Å²) in [6.45, 7) is 7.92. The number of thiazole rings is 1. The average Bonchev–Trinajstić information content (AvgIpc) is 3.22. The number of hydrogen-bond acceptors (Lipinski definition) is 5. The molecular weight excluding hydrogens is 360 g/mol. The summed E-state index contributed by atoms with van der Waals surface area (Å²) in [7, 11) is 1.67. The van der Waals surface area contributed by atoms with Gasteiger partial charge in [-0.25, -0.2) is 4.98 Å². The van der Waals surface area contributed by atoms with Crippen LogP contribution in [0.25, 0.3) is 11.3 Å². The zero-order valence-corrected chi connectivity index (χ0v) is 17.3. The van der Waals surface area contributed by atoms with Crippen LogP contribution in [0.5, 0.6) is 0 Å². The molecule has 0 N–H and O–H groups in total. The van der Waals surface area contributed by atoms with Crippen LogP contribution in [-0.4, -0.2) is 54.8 Å². The number of rotatable bonds is 7. The molecule has 0 saturated carbocycles. The van der Waals surface area contributed by atoms with Gasteiger partial charge in [-0.3, -0.25) is 4.79 Å². The first-order valence-corrected chi connectivity index (χ1v) is 10.2. The summed E-state index contributed by atoms with van der Waals surface area (Å²) < 4.78 is 10.9. The molecule has 0 bridgehead atoms. The van der Waals surface area contributed by atoms with Gasteiger partial charge in [0, 0.05) is 30.7 Å². The van der Waals surface area contributed by atoms with E-state index in [-0.39, 0.29) is 18.1 Å². The van der Waals surface area contributed by atoms with Crippen molar-refractivity contribution in [3.63, 3.8) is 0 Å². The normalized spacial score (nSPS) is 19.4. The van der Waals surface area contributed by atoms with E-state index in [1.54, 1.807) is 18.4 Å². The van der Waals surface area contributed by atoms with Crippen molar-refractivity contribution in [2.24, 2.45) is 0 Å². The van der Waals surface area contributed by atoms with Crippen molar-refractivity contribution >= 4 is 17.2 Å². The second-order valence-electron chi connectivity index (χ2n) is 7.06. The molecular formula is C21H28N2O3S.